The zero-order chi connectivity index (χ0) is 13.1. The molecule has 1 nitrogen and oxygen atoms in total. The molecule has 0 aromatic heterocycles. The first kappa shape index (κ1) is 13.5. The standard InChI is InChI=1S/C17H25NS/c1-17(8-3-2-4-9-17)13-19-16-6-5-14-7-10-18-12-15(14)11-16/h5-6,11,18H,2-4,7-10,12-13H2,1H3. The fraction of sp³-hybridized carbons (Fsp3) is 0.647. The molecule has 1 saturated carbocycles. The number of thioether (sulfide) groups is 1. The number of hydrogen-bond donors (Lipinski definition) is 1. The fourth-order valence-corrected chi connectivity index (χ4v) is 4.55. The summed E-state index contributed by atoms with van der Waals surface area (Å²) in [6.45, 7) is 4.68. The molecule has 1 aliphatic carbocycles. The highest BCUT2D eigenvalue weighted by molar-refractivity contribution is 7.99. The lowest BCUT2D eigenvalue weighted by Crippen LogP contribution is -2.24. The minimum Gasteiger partial charge on any atom is -0.312 e. The molecule has 0 radical (unpaired) electrons. The smallest absolute Gasteiger partial charge is 0.0208 e. The molecular formula is C17H25NS. The van der Waals surface area contributed by atoms with Crippen molar-refractivity contribution in [1.82, 2.24) is 5.32 Å². The largest absolute Gasteiger partial charge is 0.312 e. The van der Waals surface area contributed by atoms with Gasteiger partial charge < -0.3 is 5.32 Å². The van der Waals surface area contributed by atoms with Crippen LogP contribution in [0.4, 0.5) is 0 Å². The molecule has 0 unspecified atom stereocenters. The molecule has 1 aromatic rings. The van der Waals surface area contributed by atoms with E-state index in [4.69, 9.17) is 0 Å². The topological polar surface area (TPSA) is 12.0 Å². The molecule has 0 saturated heterocycles. The van der Waals surface area contributed by atoms with E-state index in [2.05, 4.69) is 42.2 Å². The molecule has 3 rings (SSSR count). The van der Waals surface area contributed by atoms with E-state index in [0.717, 1.165) is 13.1 Å². The van der Waals surface area contributed by atoms with Gasteiger partial charge in [0.25, 0.3) is 0 Å². The van der Waals surface area contributed by atoms with Gasteiger partial charge in [0.05, 0.1) is 0 Å². The van der Waals surface area contributed by atoms with E-state index >= 15 is 0 Å². The number of hydrogen-bond acceptors (Lipinski definition) is 2. The highest BCUT2D eigenvalue weighted by Gasteiger charge is 2.26. The molecular weight excluding hydrogens is 250 g/mol. The Balaban J connectivity index is 1.63. The maximum atomic E-state index is 3.47. The maximum absolute atomic E-state index is 3.47. The predicted octanol–water partition coefficient (Wildman–Crippen LogP) is 4.39. The lowest BCUT2D eigenvalue weighted by atomic mass is 9.77. The van der Waals surface area contributed by atoms with Gasteiger partial charge in [0.15, 0.2) is 0 Å². The number of fused-ring (bicyclic) bond motifs is 1. The summed E-state index contributed by atoms with van der Waals surface area (Å²) in [6, 6.07) is 7.10. The Hall–Kier alpha value is -0.470. The number of benzene rings is 1. The molecule has 104 valence electrons. The Morgan fingerprint density at radius 3 is 2.84 bits per heavy atom. The van der Waals surface area contributed by atoms with Crippen molar-refractivity contribution in [3.05, 3.63) is 29.3 Å². The lowest BCUT2D eigenvalue weighted by Gasteiger charge is -2.33. The van der Waals surface area contributed by atoms with Gasteiger partial charge in [-0.25, -0.2) is 0 Å². The average Bonchev–Trinajstić information content (AvgIpc) is 2.46. The SMILES string of the molecule is CC1(CSc2ccc3c(c2)CNCC3)CCCCC1. The van der Waals surface area contributed by atoms with Crippen LogP contribution < -0.4 is 5.32 Å². The highest BCUT2D eigenvalue weighted by Crippen LogP contribution is 2.40. The van der Waals surface area contributed by atoms with E-state index in [1.54, 1.807) is 5.56 Å². The van der Waals surface area contributed by atoms with Crippen LogP contribution in [0.3, 0.4) is 0 Å². The first-order valence-corrected chi connectivity index (χ1v) is 8.69. The molecule has 0 spiro atoms. The van der Waals surface area contributed by atoms with Gasteiger partial charge in [0.2, 0.25) is 0 Å². The maximum Gasteiger partial charge on any atom is 0.0208 e. The number of rotatable bonds is 3. The van der Waals surface area contributed by atoms with Crippen LogP contribution in [0.25, 0.3) is 0 Å². The van der Waals surface area contributed by atoms with Crippen LogP contribution in [0.1, 0.15) is 50.2 Å². The minimum atomic E-state index is 0.580. The summed E-state index contributed by atoms with van der Waals surface area (Å²) < 4.78 is 0. The van der Waals surface area contributed by atoms with Gasteiger partial charge in [-0.3, -0.25) is 0 Å². The van der Waals surface area contributed by atoms with E-state index in [1.165, 1.54) is 54.7 Å². The van der Waals surface area contributed by atoms with Gasteiger partial charge in [-0.1, -0.05) is 32.3 Å². The Labute approximate surface area is 121 Å². The summed E-state index contributed by atoms with van der Waals surface area (Å²) in [5.74, 6) is 1.29. The Bertz CT molecular complexity index is 435. The van der Waals surface area contributed by atoms with Crippen molar-refractivity contribution in [2.75, 3.05) is 12.3 Å². The van der Waals surface area contributed by atoms with Crippen LogP contribution in [-0.4, -0.2) is 12.3 Å². The van der Waals surface area contributed by atoms with Gasteiger partial charge in [0.1, 0.15) is 0 Å². The fourth-order valence-electron chi connectivity index (χ4n) is 3.35. The summed E-state index contributed by atoms with van der Waals surface area (Å²) in [4.78, 5) is 1.47. The zero-order valence-electron chi connectivity index (χ0n) is 12.0. The Morgan fingerprint density at radius 1 is 1.16 bits per heavy atom. The van der Waals surface area contributed by atoms with Gasteiger partial charge in [0, 0.05) is 17.2 Å². The van der Waals surface area contributed by atoms with E-state index in [-0.39, 0.29) is 0 Å². The summed E-state index contributed by atoms with van der Waals surface area (Å²) >= 11 is 2.07. The first-order chi connectivity index (χ1) is 9.25. The number of nitrogens with one attached hydrogen (secondary N) is 1. The third kappa shape index (κ3) is 3.35. The Kier molecular flexibility index (Phi) is 4.18. The molecule has 1 aliphatic heterocycles. The van der Waals surface area contributed by atoms with Gasteiger partial charge in [-0.05, 0) is 54.5 Å². The summed E-state index contributed by atoms with van der Waals surface area (Å²) in [6.07, 6.45) is 8.36. The van der Waals surface area contributed by atoms with E-state index in [0.29, 0.717) is 5.41 Å². The summed E-state index contributed by atoms with van der Waals surface area (Å²) in [5.41, 5.74) is 3.65. The molecule has 0 amide bonds. The summed E-state index contributed by atoms with van der Waals surface area (Å²) in [7, 11) is 0. The molecule has 1 N–H and O–H groups in total. The Morgan fingerprint density at radius 2 is 2.00 bits per heavy atom. The van der Waals surface area contributed by atoms with Crippen LogP contribution in [0.5, 0.6) is 0 Å². The quantitative estimate of drug-likeness (QED) is 0.821. The third-order valence-electron chi connectivity index (χ3n) is 4.71. The van der Waals surface area contributed by atoms with Crippen molar-refractivity contribution in [2.24, 2.45) is 5.41 Å². The second-order valence-corrected chi connectivity index (χ2v) is 7.57. The van der Waals surface area contributed by atoms with Crippen molar-refractivity contribution in [3.63, 3.8) is 0 Å². The molecule has 1 heterocycles. The second kappa shape index (κ2) is 5.88. The monoisotopic (exact) mass is 275 g/mol. The minimum absolute atomic E-state index is 0.580. The van der Waals surface area contributed by atoms with Crippen LogP contribution in [-0.2, 0) is 13.0 Å². The van der Waals surface area contributed by atoms with Crippen LogP contribution in [0, 0.1) is 5.41 Å². The molecule has 0 atom stereocenters. The van der Waals surface area contributed by atoms with Crippen molar-refractivity contribution in [3.8, 4) is 0 Å². The predicted molar refractivity (Wildman–Crippen MR) is 83.8 cm³/mol. The van der Waals surface area contributed by atoms with E-state index in [9.17, 15) is 0 Å². The molecule has 2 heteroatoms. The molecule has 1 aromatic carbocycles. The van der Waals surface area contributed by atoms with Crippen molar-refractivity contribution >= 4 is 11.8 Å². The molecule has 19 heavy (non-hydrogen) atoms. The first-order valence-electron chi connectivity index (χ1n) is 7.71. The van der Waals surface area contributed by atoms with Crippen molar-refractivity contribution < 1.29 is 0 Å². The van der Waals surface area contributed by atoms with Gasteiger partial charge in [-0.15, -0.1) is 11.8 Å². The van der Waals surface area contributed by atoms with Crippen molar-refractivity contribution in [2.45, 2.75) is 56.9 Å². The van der Waals surface area contributed by atoms with E-state index < -0.39 is 0 Å². The normalized spacial score (nSPS) is 21.9. The second-order valence-electron chi connectivity index (χ2n) is 6.52. The third-order valence-corrected chi connectivity index (χ3v) is 6.14. The van der Waals surface area contributed by atoms with Gasteiger partial charge >= 0.3 is 0 Å². The van der Waals surface area contributed by atoms with E-state index in [1.807, 2.05) is 0 Å². The molecule has 0 bridgehead atoms. The molecule has 2 aliphatic rings. The highest BCUT2D eigenvalue weighted by atomic mass is 32.2. The average molecular weight is 275 g/mol. The van der Waals surface area contributed by atoms with Crippen LogP contribution in [0.15, 0.2) is 23.1 Å². The zero-order valence-corrected chi connectivity index (χ0v) is 12.8. The van der Waals surface area contributed by atoms with Crippen LogP contribution >= 0.6 is 11.8 Å². The lowest BCUT2D eigenvalue weighted by molar-refractivity contribution is 0.251. The van der Waals surface area contributed by atoms with Crippen LogP contribution in [0.2, 0.25) is 0 Å². The molecule has 1 fully saturated rings. The summed E-state index contributed by atoms with van der Waals surface area (Å²) in [5, 5.41) is 3.47. The van der Waals surface area contributed by atoms with Gasteiger partial charge in [-0.2, -0.15) is 0 Å². The van der Waals surface area contributed by atoms with Crippen molar-refractivity contribution in [1.29, 1.82) is 0 Å².